The van der Waals surface area contributed by atoms with Crippen LogP contribution in [0.2, 0.25) is 0 Å². The first-order chi connectivity index (χ1) is 14.9. The molecule has 31 heavy (non-hydrogen) atoms. The van der Waals surface area contributed by atoms with Gasteiger partial charge in [0.15, 0.2) is 0 Å². The number of carbonyl (C=O) groups is 1. The predicted molar refractivity (Wildman–Crippen MR) is 124 cm³/mol. The largest absolute Gasteiger partial charge is 0.352 e. The first kappa shape index (κ1) is 23.2. The highest BCUT2D eigenvalue weighted by Crippen LogP contribution is 2.22. The number of carbonyl (C=O) groups excluding carboxylic acids is 1. The van der Waals surface area contributed by atoms with Gasteiger partial charge in [-0.1, -0.05) is 31.2 Å². The van der Waals surface area contributed by atoms with Gasteiger partial charge in [0, 0.05) is 45.3 Å². The number of para-hydroxylation sites is 1. The van der Waals surface area contributed by atoms with Crippen LogP contribution in [0, 0.1) is 0 Å². The molecule has 0 saturated carbocycles. The number of hydrogen-bond acceptors (Lipinski definition) is 5. The minimum atomic E-state index is -3.75. The molecule has 1 N–H and O–H groups in total. The SMILES string of the molecule is CCN1CCN(CCCNC(=O)c2cccc(S(=O)(=O)N(C)c3ccccc3)c2)CC1. The Labute approximate surface area is 185 Å². The summed E-state index contributed by atoms with van der Waals surface area (Å²) in [6, 6.07) is 15.1. The van der Waals surface area contributed by atoms with E-state index in [1.54, 1.807) is 36.4 Å². The Bertz CT molecular complexity index is 958. The Hall–Kier alpha value is -2.42. The van der Waals surface area contributed by atoms with Gasteiger partial charge in [0.05, 0.1) is 10.6 Å². The van der Waals surface area contributed by atoms with Crippen molar-refractivity contribution in [1.82, 2.24) is 15.1 Å². The molecule has 2 aromatic carbocycles. The van der Waals surface area contributed by atoms with E-state index in [-0.39, 0.29) is 10.8 Å². The second kappa shape index (κ2) is 10.7. The van der Waals surface area contributed by atoms with Gasteiger partial charge in [-0.2, -0.15) is 0 Å². The number of rotatable bonds is 9. The lowest BCUT2D eigenvalue weighted by molar-refractivity contribution is 0.0948. The molecule has 1 saturated heterocycles. The second-order valence-electron chi connectivity index (χ2n) is 7.72. The van der Waals surface area contributed by atoms with Crippen LogP contribution in [-0.4, -0.2) is 77.0 Å². The fourth-order valence-corrected chi connectivity index (χ4v) is 4.91. The molecule has 8 heteroatoms. The van der Waals surface area contributed by atoms with Crippen LogP contribution in [0.15, 0.2) is 59.5 Å². The number of anilines is 1. The number of piperazine rings is 1. The zero-order valence-corrected chi connectivity index (χ0v) is 19.1. The minimum absolute atomic E-state index is 0.0975. The van der Waals surface area contributed by atoms with Gasteiger partial charge in [0.2, 0.25) is 0 Å². The number of likely N-dealkylation sites (N-methyl/N-ethyl adjacent to an activating group) is 1. The van der Waals surface area contributed by atoms with E-state index in [2.05, 4.69) is 22.0 Å². The lowest BCUT2D eigenvalue weighted by atomic mass is 10.2. The molecule has 0 aliphatic carbocycles. The van der Waals surface area contributed by atoms with E-state index in [4.69, 9.17) is 0 Å². The lowest BCUT2D eigenvalue weighted by Crippen LogP contribution is -2.46. The topological polar surface area (TPSA) is 73.0 Å². The molecule has 1 amide bonds. The van der Waals surface area contributed by atoms with Gasteiger partial charge in [0.1, 0.15) is 0 Å². The van der Waals surface area contributed by atoms with Crippen LogP contribution in [0.5, 0.6) is 0 Å². The Kier molecular flexibility index (Phi) is 8.06. The Morgan fingerprint density at radius 3 is 2.35 bits per heavy atom. The normalized spacial score (nSPS) is 15.5. The molecule has 2 aromatic rings. The Morgan fingerprint density at radius 1 is 1.00 bits per heavy atom. The lowest BCUT2D eigenvalue weighted by Gasteiger charge is -2.33. The van der Waals surface area contributed by atoms with E-state index in [1.807, 2.05) is 6.07 Å². The Balaban J connectivity index is 1.54. The molecule has 3 rings (SSSR count). The molecule has 1 aliphatic rings. The Morgan fingerprint density at radius 2 is 1.68 bits per heavy atom. The highest BCUT2D eigenvalue weighted by molar-refractivity contribution is 7.92. The zero-order chi connectivity index (χ0) is 22.3. The third-order valence-electron chi connectivity index (χ3n) is 5.72. The summed E-state index contributed by atoms with van der Waals surface area (Å²) in [6.07, 6.45) is 0.868. The van der Waals surface area contributed by atoms with E-state index in [1.165, 1.54) is 23.5 Å². The van der Waals surface area contributed by atoms with Crippen LogP contribution in [0.1, 0.15) is 23.7 Å². The van der Waals surface area contributed by atoms with Crippen molar-refractivity contribution in [2.75, 3.05) is 57.2 Å². The van der Waals surface area contributed by atoms with E-state index < -0.39 is 10.0 Å². The number of sulfonamides is 1. The predicted octanol–water partition coefficient (Wildman–Crippen LogP) is 2.27. The maximum absolute atomic E-state index is 13.0. The molecular formula is C23H32N4O3S. The van der Waals surface area contributed by atoms with Crippen LogP contribution >= 0.6 is 0 Å². The molecule has 168 valence electrons. The summed E-state index contributed by atoms with van der Waals surface area (Å²) in [4.78, 5) is 17.5. The van der Waals surface area contributed by atoms with Gasteiger partial charge in [0.25, 0.3) is 15.9 Å². The van der Waals surface area contributed by atoms with Crippen molar-refractivity contribution in [3.63, 3.8) is 0 Å². The van der Waals surface area contributed by atoms with Crippen LogP contribution < -0.4 is 9.62 Å². The number of benzene rings is 2. The number of nitrogens with one attached hydrogen (secondary N) is 1. The summed E-state index contributed by atoms with van der Waals surface area (Å²) in [5.74, 6) is -0.254. The second-order valence-corrected chi connectivity index (χ2v) is 9.69. The van der Waals surface area contributed by atoms with Crippen LogP contribution in [0.4, 0.5) is 5.69 Å². The third kappa shape index (κ3) is 6.06. The quantitative estimate of drug-likeness (QED) is 0.601. The molecule has 0 atom stereocenters. The number of amides is 1. The molecule has 1 fully saturated rings. The van der Waals surface area contributed by atoms with Gasteiger partial charge in [-0.05, 0) is 49.8 Å². The van der Waals surface area contributed by atoms with E-state index in [0.29, 0.717) is 17.8 Å². The molecule has 0 unspecified atom stereocenters. The average Bonchev–Trinajstić information content (AvgIpc) is 2.82. The number of hydrogen-bond donors (Lipinski definition) is 1. The van der Waals surface area contributed by atoms with Gasteiger partial charge >= 0.3 is 0 Å². The van der Waals surface area contributed by atoms with E-state index in [9.17, 15) is 13.2 Å². The molecule has 0 radical (unpaired) electrons. The molecule has 1 aliphatic heterocycles. The molecular weight excluding hydrogens is 412 g/mol. The van der Waals surface area contributed by atoms with Crippen molar-refractivity contribution >= 4 is 21.6 Å². The summed E-state index contributed by atoms with van der Waals surface area (Å²) < 4.78 is 27.2. The first-order valence-corrected chi connectivity index (χ1v) is 12.2. The highest BCUT2D eigenvalue weighted by atomic mass is 32.2. The third-order valence-corrected chi connectivity index (χ3v) is 7.50. The van der Waals surface area contributed by atoms with Crippen molar-refractivity contribution in [1.29, 1.82) is 0 Å². The van der Waals surface area contributed by atoms with E-state index in [0.717, 1.165) is 45.7 Å². The van der Waals surface area contributed by atoms with Crippen molar-refractivity contribution in [3.8, 4) is 0 Å². The summed E-state index contributed by atoms with van der Waals surface area (Å²) in [6.45, 7) is 9.13. The smallest absolute Gasteiger partial charge is 0.264 e. The van der Waals surface area contributed by atoms with Crippen LogP contribution in [0.3, 0.4) is 0 Å². The van der Waals surface area contributed by atoms with Crippen LogP contribution in [0.25, 0.3) is 0 Å². The van der Waals surface area contributed by atoms with Crippen molar-refractivity contribution in [2.24, 2.45) is 0 Å². The summed E-state index contributed by atoms with van der Waals surface area (Å²) in [7, 11) is -2.24. The van der Waals surface area contributed by atoms with Crippen LogP contribution in [-0.2, 0) is 10.0 Å². The van der Waals surface area contributed by atoms with Gasteiger partial charge < -0.3 is 15.1 Å². The average molecular weight is 445 g/mol. The molecule has 0 aromatic heterocycles. The standard InChI is InChI=1S/C23H32N4O3S/c1-3-26-15-17-27(18-16-26)14-8-13-24-23(28)20-9-7-12-22(19-20)31(29,30)25(2)21-10-5-4-6-11-21/h4-7,9-12,19H,3,8,13-18H2,1-2H3,(H,24,28). The molecule has 7 nitrogen and oxygen atoms in total. The molecule has 0 bridgehead atoms. The molecule has 0 spiro atoms. The summed E-state index contributed by atoms with van der Waals surface area (Å²) in [5.41, 5.74) is 0.913. The number of nitrogens with zero attached hydrogens (tertiary/aromatic N) is 3. The van der Waals surface area contributed by atoms with Gasteiger partial charge in [-0.3, -0.25) is 9.10 Å². The van der Waals surface area contributed by atoms with E-state index >= 15 is 0 Å². The maximum atomic E-state index is 13.0. The highest BCUT2D eigenvalue weighted by Gasteiger charge is 2.22. The monoisotopic (exact) mass is 444 g/mol. The van der Waals surface area contributed by atoms with Gasteiger partial charge in [-0.25, -0.2) is 8.42 Å². The van der Waals surface area contributed by atoms with Crippen molar-refractivity contribution < 1.29 is 13.2 Å². The van der Waals surface area contributed by atoms with Crippen molar-refractivity contribution in [2.45, 2.75) is 18.2 Å². The summed E-state index contributed by atoms with van der Waals surface area (Å²) in [5, 5.41) is 2.91. The summed E-state index contributed by atoms with van der Waals surface area (Å²) >= 11 is 0. The molecule has 1 heterocycles. The van der Waals surface area contributed by atoms with Crippen molar-refractivity contribution in [3.05, 3.63) is 60.2 Å². The fraction of sp³-hybridized carbons (Fsp3) is 0.435. The first-order valence-electron chi connectivity index (χ1n) is 10.8. The van der Waals surface area contributed by atoms with Gasteiger partial charge in [-0.15, -0.1) is 0 Å². The fourth-order valence-electron chi connectivity index (χ4n) is 3.67. The minimum Gasteiger partial charge on any atom is -0.352 e. The zero-order valence-electron chi connectivity index (χ0n) is 18.3. The maximum Gasteiger partial charge on any atom is 0.264 e.